The molecule has 1 aliphatic heterocycles. The normalized spacial score (nSPS) is 14.7. The monoisotopic (exact) mass is 414 g/mol. The number of aromatic nitrogens is 2. The number of likely N-dealkylation sites (tertiary alicyclic amines) is 1. The summed E-state index contributed by atoms with van der Waals surface area (Å²) in [6, 6.07) is 9.92. The Morgan fingerprint density at radius 2 is 1.97 bits per heavy atom. The summed E-state index contributed by atoms with van der Waals surface area (Å²) in [5.41, 5.74) is 2.13. The molecule has 0 saturated carbocycles. The minimum Gasteiger partial charge on any atom is -0.441 e. The van der Waals surface area contributed by atoms with Crippen molar-refractivity contribution in [2.75, 3.05) is 17.8 Å². The molecular formula is C20H22N4O4S. The zero-order valence-electron chi connectivity index (χ0n) is 16.0. The first-order valence-corrected chi connectivity index (χ1v) is 10.9. The lowest BCUT2D eigenvalue weighted by atomic mass is 10.1. The van der Waals surface area contributed by atoms with Gasteiger partial charge in [-0.2, -0.15) is 13.5 Å². The van der Waals surface area contributed by atoms with E-state index in [0.717, 1.165) is 24.8 Å². The predicted molar refractivity (Wildman–Crippen MR) is 108 cm³/mol. The van der Waals surface area contributed by atoms with E-state index in [-0.39, 0.29) is 16.8 Å². The molecule has 1 fully saturated rings. The van der Waals surface area contributed by atoms with Gasteiger partial charge in [0.05, 0.1) is 11.8 Å². The molecule has 1 amide bonds. The van der Waals surface area contributed by atoms with Crippen LogP contribution < -0.4 is 4.72 Å². The molecule has 8 nitrogen and oxygen atoms in total. The zero-order chi connectivity index (χ0) is 20.4. The molecule has 0 spiro atoms. The summed E-state index contributed by atoms with van der Waals surface area (Å²) in [7, 11) is -3.90. The molecular weight excluding hydrogens is 392 g/mol. The zero-order valence-corrected chi connectivity index (χ0v) is 16.8. The van der Waals surface area contributed by atoms with Gasteiger partial charge in [-0.25, -0.2) is 0 Å². The molecule has 0 unspecified atom stereocenters. The quantitative estimate of drug-likeness (QED) is 0.665. The first-order chi connectivity index (χ1) is 13.9. The Morgan fingerprint density at radius 3 is 2.72 bits per heavy atom. The van der Waals surface area contributed by atoms with Gasteiger partial charge in [-0.1, -0.05) is 12.1 Å². The van der Waals surface area contributed by atoms with Crippen molar-refractivity contribution in [3.05, 3.63) is 53.7 Å². The van der Waals surface area contributed by atoms with Crippen LogP contribution in [-0.4, -0.2) is 42.5 Å². The number of nitrogens with one attached hydrogen (secondary N) is 2. The molecule has 2 aromatic heterocycles. The van der Waals surface area contributed by atoms with Gasteiger partial charge in [0.1, 0.15) is 5.69 Å². The van der Waals surface area contributed by atoms with E-state index in [9.17, 15) is 13.2 Å². The summed E-state index contributed by atoms with van der Waals surface area (Å²) in [5, 5.41) is 6.49. The second kappa shape index (κ2) is 7.75. The molecule has 0 atom stereocenters. The smallest absolute Gasteiger partial charge is 0.295 e. The lowest BCUT2D eigenvalue weighted by Gasteiger charge is -2.26. The third-order valence-corrected chi connectivity index (χ3v) is 6.13. The molecule has 2 N–H and O–H groups in total. The summed E-state index contributed by atoms with van der Waals surface area (Å²) >= 11 is 0. The van der Waals surface area contributed by atoms with E-state index in [1.54, 1.807) is 23.1 Å². The summed E-state index contributed by atoms with van der Waals surface area (Å²) < 4.78 is 33.4. The number of piperidine rings is 1. The SMILES string of the molecule is Cc1cccc(NS(=O)(=O)c2ccc(-c3[nH]ncc3C(=O)N3CCCCC3)o2)c1. The third kappa shape index (κ3) is 4.04. The fraction of sp³-hybridized carbons (Fsp3) is 0.300. The Bertz CT molecular complexity index is 1130. The van der Waals surface area contributed by atoms with Gasteiger partial charge < -0.3 is 9.32 Å². The van der Waals surface area contributed by atoms with Crippen molar-refractivity contribution < 1.29 is 17.6 Å². The highest BCUT2D eigenvalue weighted by Crippen LogP contribution is 2.28. The summed E-state index contributed by atoms with van der Waals surface area (Å²) in [5.74, 6) is 0.111. The van der Waals surface area contributed by atoms with Crippen molar-refractivity contribution in [1.82, 2.24) is 15.1 Å². The highest BCUT2D eigenvalue weighted by atomic mass is 32.2. The molecule has 29 heavy (non-hydrogen) atoms. The van der Waals surface area contributed by atoms with Crippen LogP contribution in [-0.2, 0) is 10.0 Å². The van der Waals surface area contributed by atoms with Crippen LogP contribution in [0.4, 0.5) is 5.69 Å². The molecule has 1 aliphatic rings. The highest BCUT2D eigenvalue weighted by molar-refractivity contribution is 7.92. The minimum absolute atomic E-state index is 0.132. The van der Waals surface area contributed by atoms with Crippen LogP contribution in [0.25, 0.3) is 11.5 Å². The number of rotatable bonds is 5. The number of aryl methyl sites for hydroxylation is 1. The second-order valence-electron chi connectivity index (χ2n) is 7.11. The third-order valence-electron chi connectivity index (χ3n) is 4.88. The number of amides is 1. The van der Waals surface area contributed by atoms with E-state index in [4.69, 9.17) is 4.42 Å². The van der Waals surface area contributed by atoms with Crippen molar-refractivity contribution in [2.24, 2.45) is 0 Å². The lowest BCUT2D eigenvalue weighted by Crippen LogP contribution is -2.35. The average Bonchev–Trinajstić information content (AvgIpc) is 3.37. The van der Waals surface area contributed by atoms with E-state index in [1.165, 1.54) is 18.3 Å². The van der Waals surface area contributed by atoms with Gasteiger partial charge in [0.15, 0.2) is 5.76 Å². The Morgan fingerprint density at radius 1 is 1.17 bits per heavy atom. The van der Waals surface area contributed by atoms with Gasteiger partial charge in [0.2, 0.25) is 5.09 Å². The molecule has 4 rings (SSSR count). The van der Waals surface area contributed by atoms with Crippen molar-refractivity contribution in [3.63, 3.8) is 0 Å². The maximum atomic E-state index is 12.8. The van der Waals surface area contributed by atoms with Crippen LogP contribution in [0.15, 0.2) is 52.1 Å². The summed E-state index contributed by atoms with van der Waals surface area (Å²) in [4.78, 5) is 14.6. The summed E-state index contributed by atoms with van der Waals surface area (Å²) in [6.45, 7) is 3.30. The molecule has 9 heteroatoms. The maximum absolute atomic E-state index is 12.8. The molecule has 0 bridgehead atoms. The van der Waals surface area contributed by atoms with Crippen LogP contribution in [0.1, 0.15) is 35.2 Å². The summed E-state index contributed by atoms with van der Waals surface area (Å²) in [6.07, 6.45) is 4.53. The maximum Gasteiger partial charge on any atom is 0.295 e. The number of carbonyl (C=O) groups excluding carboxylic acids is 1. The van der Waals surface area contributed by atoms with Crippen LogP contribution in [0.5, 0.6) is 0 Å². The van der Waals surface area contributed by atoms with Gasteiger partial charge in [0, 0.05) is 18.8 Å². The van der Waals surface area contributed by atoms with Gasteiger partial charge in [0.25, 0.3) is 15.9 Å². The second-order valence-corrected chi connectivity index (χ2v) is 8.72. The number of aromatic amines is 1. The number of sulfonamides is 1. The predicted octanol–water partition coefficient (Wildman–Crippen LogP) is 3.41. The van der Waals surface area contributed by atoms with Crippen LogP contribution in [0, 0.1) is 6.92 Å². The van der Waals surface area contributed by atoms with Gasteiger partial charge >= 0.3 is 0 Å². The topological polar surface area (TPSA) is 108 Å². The Labute approximate surface area is 169 Å². The average molecular weight is 414 g/mol. The number of hydrogen-bond acceptors (Lipinski definition) is 5. The van der Waals surface area contributed by atoms with Gasteiger partial charge in [-0.05, 0) is 56.0 Å². The molecule has 3 heterocycles. The molecule has 0 aliphatic carbocycles. The molecule has 0 radical (unpaired) electrons. The number of H-pyrrole nitrogens is 1. The van der Waals surface area contributed by atoms with Crippen molar-refractivity contribution >= 4 is 21.6 Å². The number of hydrogen-bond donors (Lipinski definition) is 2. The van der Waals surface area contributed by atoms with E-state index in [2.05, 4.69) is 14.9 Å². The van der Waals surface area contributed by atoms with Crippen LogP contribution in [0.3, 0.4) is 0 Å². The number of carbonyl (C=O) groups is 1. The Kier molecular flexibility index (Phi) is 5.14. The van der Waals surface area contributed by atoms with E-state index >= 15 is 0 Å². The van der Waals surface area contributed by atoms with E-state index in [0.29, 0.717) is 30.0 Å². The van der Waals surface area contributed by atoms with E-state index in [1.807, 2.05) is 13.0 Å². The molecule has 1 saturated heterocycles. The van der Waals surface area contributed by atoms with Gasteiger partial charge in [-0.15, -0.1) is 0 Å². The Hall–Kier alpha value is -3.07. The highest BCUT2D eigenvalue weighted by Gasteiger charge is 2.26. The van der Waals surface area contributed by atoms with E-state index < -0.39 is 10.0 Å². The first kappa shape index (κ1) is 19.3. The molecule has 152 valence electrons. The number of benzene rings is 1. The van der Waals surface area contributed by atoms with Crippen molar-refractivity contribution in [2.45, 2.75) is 31.3 Å². The minimum atomic E-state index is -3.90. The molecule has 1 aromatic carbocycles. The number of anilines is 1. The largest absolute Gasteiger partial charge is 0.441 e. The number of furan rings is 1. The Balaban J connectivity index is 1.58. The standard InChI is InChI=1S/C20H22N4O4S/c1-14-6-5-7-15(12-14)23-29(26,27)18-9-8-17(28-18)19-16(13-21-22-19)20(25)24-10-3-2-4-11-24/h5-9,12-13,23H,2-4,10-11H2,1H3,(H,21,22). The lowest BCUT2D eigenvalue weighted by molar-refractivity contribution is 0.0725. The molecule has 3 aromatic rings. The van der Waals surface area contributed by atoms with Crippen molar-refractivity contribution in [1.29, 1.82) is 0 Å². The van der Waals surface area contributed by atoms with Crippen LogP contribution >= 0.6 is 0 Å². The number of nitrogens with zero attached hydrogens (tertiary/aromatic N) is 2. The fourth-order valence-corrected chi connectivity index (χ4v) is 4.40. The van der Waals surface area contributed by atoms with Gasteiger partial charge in [-0.3, -0.25) is 14.6 Å². The van der Waals surface area contributed by atoms with Crippen molar-refractivity contribution in [3.8, 4) is 11.5 Å². The van der Waals surface area contributed by atoms with Crippen LogP contribution in [0.2, 0.25) is 0 Å². The first-order valence-electron chi connectivity index (χ1n) is 9.46. The fourth-order valence-electron chi connectivity index (χ4n) is 3.42.